The first-order valence-corrected chi connectivity index (χ1v) is 6.95. The van der Waals surface area contributed by atoms with E-state index in [1.807, 2.05) is 12.2 Å². The molecule has 108 valence electrons. The SMILES string of the molecule is CN1CCC(NC(=O)C2C3C=CC(C3)C2C(=O)O)C1=O. The fraction of sp³-hybridized carbons (Fsp3) is 0.643. The smallest absolute Gasteiger partial charge is 0.307 e. The number of nitrogens with zero attached hydrogens (tertiary/aromatic N) is 1. The molecule has 0 aromatic carbocycles. The lowest BCUT2D eigenvalue weighted by Crippen LogP contribution is -2.47. The molecule has 1 saturated heterocycles. The first-order valence-electron chi connectivity index (χ1n) is 6.95. The zero-order chi connectivity index (χ0) is 14.4. The summed E-state index contributed by atoms with van der Waals surface area (Å²) in [7, 11) is 1.70. The van der Waals surface area contributed by atoms with Gasteiger partial charge in [-0.25, -0.2) is 0 Å². The van der Waals surface area contributed by atoms with Crippen molar-refractivity contribution in [3.63, 3.8) is 0 Å². The summed E-state index contributed by atoms with van der Waals surface area (Å²) in [5.74, 6) is -2.55. The third kappa shape index (κ3) is 1.90. The number of carboxylic acid groups (broad SMARTS) is 1. The largest absolute Gasteiger partial charge is 0.481 e. The summed E-state index contributed by atoms with van der Waals surface area (Å²) in [6, 6.07) is -0.495. The van der Waals surface area contributed by atoms with Crippen molar-refractivity contribution >= 4 is 17.8 Å². The monoisotopic (exact) mass is 278 g/mol. The van der Waals surface area contributed by atoms with Crippen LogP contribution in [0.3, 0.4) is 0 Å². The van der Waals surface area contributed by atoms with E-state index in [1.54, 1.807) is 11.9 Å². The maximum absolute atomic E-state index is 12.4. The molecule has 0 aromatic heterocycles. The molecular formula is C14H18N2O4. The highest BCUT2D eigenvalue weighted by Crippen LogP contribution is 2.48. The Morgan fingerprint density at radius 2 is 1.95 bits per heavy atom. The molecule has 0 aromatic rings. The highest BCUT2D eigenvalue weighted by atomic mass is 16.4. The summed E-state index contributed by atoms with van der Waals surface area (Å²) in [6.45, 7) is 0.628. The molecule has 3 rings (SSSR count). The maximum Gasteiger partial charge on any atom is 0.307 e. The van der Waals surface area contributed by atoms with E-state index >= 15 is 0 Å². The van der Waals surface area contributed by atoms with E-state index in [9.17, 15) is 19.5 Å². The molecule has 2 bridgehead atoms. The van der Waals surface area contributed by atoms with Crippen LogP contribution in [0.2, 0.25) is 0 Å². The predicted octanol–water partition coefficient (Wildman–Crippen LogP) is -0.144. The number of carboxylic acids is 1. The van der Waals surface area contributed by atoms with Gasteiger partial charge < -0.3 is 15.3 Å². The molecule has 2 fully saturated rings. The van der Waals surface area contributed by atoms with Crippen LogP contribution in [0.25, 0.3) is 0 Å². The highest BCUT2D eigenvalue weighted by molar-refractivity contribution is 5.92. The van der Waals surface area contributed by atoms with Gasteiger partial charge >= 0.3 is 5.97 Å². The number of likely N-dealkylation sites (tertiary alicyclic amines) is 1. The number of carbonyl (C=O) groups excluding carboxylic acids is 2. The normalized spacial score (nSPS) is 38.5. The molecule has 0 radical (unpaired) electrons. The van der Waals surface area contributed by atoms with Gasteiger partial charge in [-0.15, -0.1) is 0 Å². The van der Waals surface area contributed by atoms with Crippen molar-refractivity contribution < 1.29 is 19.5 Å². The number of hydrogen-bond donors (Lipinski definition) is 2. The summed E-state index contributed by atoms with van der Waals surface area (Å²) >= 11 is 0. The van der Waals surface area contributed by atoms with E-state index in [4.69, 9.17) is 0 Å². The molecule has 3 aliphatic rings. The average molecular weight is 278 g/mol. The quantitative estimate of drug-likeness (QED) is 0.703. The van der Waals surface area contributed by atoms with Crippen LogP contribution in [0.1, 0.15) is 12.8 Å². The number of rotatable bonds is 3. The first kappa shape index (κ1) is 13.1. The molecule has 5 unspecified atom stereocenters. The fourth-order valence-corrected chi connectivity index (χ4v) is 3.74. The Morgan fingerprint density at radius 1 is 1.30 bits per heavy atom. The average Bonchev–Trinajstić information content (AvgIpc) is 3.08. The predicted molar refractivity (Wildman–Crippen MR) is 69.5 cm³/mol. The maximum atomic E-state index is 12.4. The second-order valence-electron chi connectivity index (χ2n) is 5.95. The van der Waals surface area contributed by atoms with Crippen molar-refractivity contribution in [2.45, 2.75) is 18.9 Å². The van der Waals surface area contributed by atoms with Crippen LogP contribution in [0.4, 0.5) is 0 Å². The first-order chi connectivity index (χ1) is 9.49. The number of allylic oxidation sites excluding steroid dienone is 2. The van der Waals surface area contributed by atoms with Gasteiger partial charge in [-0.1, -0.05) is 12.2 Å². The van der Waals surface area contributed by atoms with Crippen LogP contribution in [-0.2, 0) is 14.4 Å². The number of carbonyl (C=O) groups is 3. The number of likely N-dealkylation sites (N-methyl/N-ethyl adjacent to an activating group) is 1. The standard InChI is InChI=1S/C14H18N2O4/c1-16-5-4-9(13(16)18)15-12(17)10-7-2-3-8(6-7)11(10)14(19)20/h2-3,7-11H,4-6H2,1H3,(H,15,17)(H,19,20). The van der Waals surface area contributed by atoms with Gasteiger partial charge in [-0.05, 0) is 24.7 Å². The summed E-state index contributed by atoms with van der Waals surface area (Å²) in [5, 5.41) is 12.1. The van der Waals surface area contributed by atoms with Crippen LogP contribution < -0.4 is 5.32 Å². The van der Waals surface area contributed by atoms with Crippen molar-refractivity contribution in [1.29, 1.82) is 0 Å². The van der Waals surface area contributed by atoms with Crippen LogP contribution in [-0.4, -0.2) is 47.4 Å². The Balaban J connectivity index is 1.72. The summed E-state index contributed by atoms with van der Waals surface area (Å²) in [5.41, 5.74) is 0. The minimum absolute atomic E-state index is 0.00432. The number of amides is 2. The zero-order valence-electron chi connectivity index (χ0n) is 11.3. The Kier molecular flexibility index (Phi) is 3.03. The second-order valence-corrected chi connectivity index (χ2v) is 5.95. The van der Waals surface area contributed by atoms with E-state index in [1.165, 1.54) is 0 Å². The van der Waals surface area contributed by atoms with Crippen LogP contribution in [0, 0.1) is 23.7 Å². The molecule has 2 aliphatic carbocycles. The summed E-state index contributed by atoms with van der Waals surface area (Å²) in [4.78, 5) is 37.1. The Labute approximate surface area is 116 Å². The van der Waals surface area contributed by atoms with Crippen LogP contribution in [0.15, 0.2) is 12.2 Å². The lowest BCUT2D eigenvalue weighted by molar-refractivity contribution is -0.148. The molecule has 1 aliphatic heterocycles. The molecule has 5 atom stereocenters. The Bertz CT molecular complexity index is 501. The number of aliphatic carboxylic acids is 1. The van der Waals surface area contributed by atoms with E-state index in [2.05, 4.69) is 5.32 Å². The third-order valence-corrected chi connectivity index (χ3v) is 4.79. The van der Waals surface area contributed by atoms with Crippen molar-refractivity contribution in [3.05, 3.63) is 12.2 Å². The van der Waals surface area contributed by atoms with Crippen molar-refractivity contribution in [2.75, 3.05) is 13.6 Å². The van der Waals surface area contributed by atoms with Crippen molar-refractivity contribution in [2.24, 2.45) is 23.7 Å². The highest BCUT2D eigenvalue weighted by Gasteiger charge is 2.52. The van der Waals surface area contributed by atoms with Crippen molar-refractivity contribution in [3.8, 4) is 0 Å². The van der Waals surface area contributed by atoms with Gasteiger partial charge in [0.2, 0.25) is 11.8 Å². The summed E-state index contributed by atoms with van der Waals surface area (Å²) < 4.78 is 0. The zero-order valence-corrected chi connectivity index (χ0v) is 11.3. The van der Waals surface area contributed by atoms with Gasteiger partial charge in [0.25, 0.3) is 0 Å². The van der Waals surface area contributed by atoms with Gasteiger partial charge in [0, 0.05) is 13.6 Å². The molecule has 1 heterocycles. The molecule has 0 spiro atoms. The molecule has 6 heteroatoms. The van der Waals surface area contributed by atoms with E-state index in [0.29, 0.717) is 13.0 Å². The van der Waals surface area contributed by atoms with Gasteiger partial charge in [0.1, 0.15) is 6.04 Å². The Morgan fingerprint density at radius 3 is 2.50 bits per heavy atom. The minimum atomic E-state index is -0.920. The topological polar surface area (TPSA) is 86.7 Å². The molecular weight excluding hydrogens is 260 g/mol. The van der Waals surface area contributed by atoms with Crippen LogP contribution >= 0.6 is 0 Å². The minimum Gasteiger partial charge on any atom is -0.481 e. The number of hydrogen-bond acceptors (Lipinski definition) is 3. The Hall–Kier alpha value is -1.85. The van der Waals surface area contributed by atoms with E-state index < -0.39 is 23.8 Å². The fourth-order valence-electron chi connectivity index (χ4n) is 3.74. The molecule has 2 N–H and O–H groups in total. The van der Waals surface area contributed by atoms with Crippen molar-refractivity contribution in [1.82, 2.24) is 10.2 Å². The lowest BCUT2D eigenvalue weighted by Gasteiger charge is -2.25. The number of fused-ring (bicyclic) bond motifs is 2. The lowest BCUT2D eigenvalue weighted by atomic mass is 9.82. The van der Waals surface area contributed by atoms with Crippen LogP contribution in [0.5, 0.6) is 0 Å². The van der Waals surface area contributed by atoms with Gasteiger partial charge in [-0.2, -0.15) is 0 Å². The summed E-state index contributed by atoms with van der Waals surface area (Å²) in [6.07, 6.45) is 5.17. The number of nitrogens with one attached hydrogen (secondary N) is 1. The molecule has 1 saturated carbocycles. The van der Waals surface area contributed by atoms with Gasteiger partial charge in [0.05, 0.1) is 11.8 Å². The third-order valence-electron chi connectivity index (χ3n) is 4.79. The molecule has 2 amide bonds. The van der Waals surface area contributed by atoms with Gasteiger partial charge in [0.15, 0.2) is 0 Å². The second kappa shape index (κ2) is 4.61. The molecule has 20 heavy (non-hydrogen) atoms. The van der Waals surface area contributed by atoms with E-state index in [-0.39, 0.29) is 23.7 Å². The molecule has 6 nitrogen and oxygen atoms in total. The van der Waals surface area contributed by atoms with E-state index in [0.717, 1.165) is 6.42 Å². The van der Waals surface area contributed by atoms with Gasteiger partial charge in [-0.3, -0.25) is 14.4 Å².